The van der Waals surface area contributed by atoms with Crippen molar-refractivity contribution in [1.29, 1.82) is 0 Å². The first-order valence-corrected chi connectivity index (χ1v) is 11.3. The van der Waals surface area contributed by atoms with Gasteiger partial charge in [-0.1, -0.05) is 36.4 Å². The molecule has 32 heavy (non-hydrogen) atoms. The second kappa shape index (κ2) is 10.0. The number of carbonyl (C=O) groups excluding carboxylic acids is 1. The van der Waals surface area contributed by atoms with Crippen molar-refractivity contribution in [1.82, 2.24) is 10.2 Å². The van der Waals surface area contributed by atoms with Gasteiger partial charge < -0.3 is 14.8 Å². The molecule has 1 fully saturated rings. The van der Waals surface area contributed by atoms with Crippen molar-refractivity contribution < 1.29 is 14.3 Å². The van der Waals surface area contributed by atoms with Crippen molar-refractivity contribution in [3.8, 4) is 11.5 Å². The summed E-state index contributed by atoms with van der Waals surface area (Å²) in [5, 5.41) is 5.43. The van der Waals surface area contributed by atoms with Crippen molar-refractivity contribution in [3.63, 3.8) is 0 Å². The van der Waals surface area contributed by atoms with E-state index in [0.29, 0.717) is 6.54 Å². The van der Waals surface area contributed by atoms with Gasteiger partial charge in [-0.15, -0.1) is 0 Å². The van der Waals surface area contributed by atoms with E-state index in [9.17, 15) is 4.79 Å². The Morgan fingerprint density at radius 1 is 0.875 bits per heavy atom. The first-order chi connectivity index (χ1) is 15.6. The van der Waals surface area contributed by atoms with Gasteiger partial charge in [0.15, 0.2) is 0 Å². The summed E-state index contributed by atoms with van der Waals surface area (Å²) in [4.78, 5) is 15.5. The molecular formula is C27H32N2O3. The summed E-state index contributed by atoms with van der Waals surface area (Å²) in [7, 11) is 3.35. The molecule has 2 atom stereocenters. The van der Waals surface area contributed by atoms with Crippen LogP contribution in [0.15, 0.2) is 60.7 Å². The van der Waals surface area contributed by atoms with Gasteiger partial charge in [0, 0.05) is 6.54 Å². The Morgan fingerprint density at radius 3 is 2.16 bits per heavy atom. The minimum atomic E-state index is -0.225. The van der Waals surface area contributed by atoms with Gasteiger partial charge in [0.1, 0.15) is 11.5 Å². The number of rotatable bonds is 8. The molecule has 0 aromatic heterocycles. The topological polar surface area (TPSA) is 50.8 Å². The number of hydrogen-bond acceptors (Lipinski definition) is 4. The van der Waals surface area contributed by atoms with Crippen LogP contribution in [0.25, 0.3) is 10.8 Å². The molecule has 0 radical (unpaired) electrons. The predicted octanol–water partition coefficient (Wildman–Crippen LogP) is 4.91. The first-order valence-electron chi connectivity index (χ1n) is 11.3. The summed E-state index contributed by atoms with van der Waals surface area (Å²) in [6.07, 6.45) is 2.41. The summed E-state index contributed by atoms with van der Waals surface area (Å²) in [6.45, 7) is 4.70. The Morgan fingerprint density at radius 2 is 1.47 bits per heavy atom. The average Bonchev–Trinajstić information content (AvgIpc) is 3.38. The van der Waals surface area contributed by atoms with E-state index in [2.05, 4.69) is 34.5 Å². The molecule has 0 spiro atoms. The molecule has 0 saturated carbocycles. The zero-order valence-corrected chi connectivity index (χ0v) is 19.1. The Bertz CT molecular complexity index is 1060. The number of methoxy groups -OCH3 is 2. The molecule has 168 valence electrons. The maximum Gasteiger partial charge on any atom is 0.227 e. The van der Waals surface area contributed by atoms with E-state index in [1.54, 1.807) is 14.2 Å². The molecule has 0 unspecified atom stereocenters. The first kappa shape index (κ1) is 22.2. The van der Waals surface area contributed by atoms with Crippen LogP contribution in [0.1, 0.15) is 42.9 Å². The Labute approximate surface area is 190 Å². The fraction of sp³-hybridized carbons (Fsp3) is 0.370. The Kier molecular flexibility index (Phi) is 6.96. The van der Waals surface area contributed by atoms with Crippen LogP contribution in [0.3, 0.4) is 0 Å². The van der Waals surface area contributed by atoms with Crippen LogP contribution in [0, 0.1) is 0 Å². The Hall–Kier alpha value is -3.05. The molecule has 1 heterocycles. The van der Waals surface area contributed by atoms with Crippen LogP contribution >= 0.6 is 0 Å². The predicted molar refractivity (Wildman–Crippen MR) is 128 cm³/mol. The lowest BCUT2D eigenvalue weighted by atomic mass is 9.96. The molecule has 5 heteroatoms. The van der Waals surface area contributed by atoms with Gasteiger partial charge in [0.2, 0.25) is 5.91 Å². The summed E-state index contributed by atoms with van der Waals surface area (Å²) in [6, 6.07) is 20.6. The number of amides is 1. The minimum Gasteiger partial charge on any atom is -0.497 e. The lowest BCUT2D eigenvalue weighted by Gasteiger charge is -2.29. The molecule has 0 aliphatic carbocycles. The van der Waals surface area contributed by atoms with E-state index in [1.165, 1.54) is 18.4 Å². The molecule has 1 aliphatic rings. The highest BCUT2D eigenvalue weighted by Crippen LogP contribution is 2.28. The van der Waals surface area contributed by atoms with Crippen molar-refractivity contribution in [2.75, 3.05) is 33.9 Å². The molecule has 1 amide bonds. The lowest BCUT2D eigenvalue weighted by Crippen LogP contribution is -2.38. The second-order valence-corrected chi connectivity index (χ2v) is 8.47. The Balaban J connectivity index is 1.46. The van der Waals surface area contributed by atoms with E-state index in [-0.39, 0.29) is 17.9 Å². The van der Waals surface area contributed by atoms with Gasteiger partial charge in [-0.25, -0.2) is 0 Å². The maximum atomic E-state index is 13.1. The zero-order chi connectivity index (χ0) is 22.5. The number of hydrogen-bond donors (Lipinski definition) is 1. The highest BCUT2D eigenvalue weighted by molar-refractivity contribution is 5.88. The van der Waals surface area contributed by atoms with Crippen LogP contribution in [-0.4, -0.2) is 44.7 Å². The summed E-state index contributed by atoms with van der Waals surface area (Å²) in [5.74, 6) is 1.51. The van der Waals surface area contributed by atoms with E-state index in [0.717, 1.165) is 40.9 Å². The van der Waals surface area contributed by atoms with Crippen LogP contribution in [0.5, 0.6) is 11.5 Å². The van der Waals surface area contributed by atoms with Crippen LogP contribution in [0.2, 0.25) is 0 Å². The molecule has 1 N–H and O–H groups in total. The molecule has 0 bridgehead atoms. The van der Waals surface area contributed by atoms with Crippen molar-refractivity contribution in [3.05, 3.63) is 71.8 Å². The number of ether oxygens (including phenoxy) is 2. The number of fused-ring (bicyclic) bond motifs is 1. The summed E-state index contributed by atoms with van der Waals surface area (Å²) < 4.78 is 10.6. The second-order valence-electron chi connectivity index (χ2n) is 8.47. The highest BCUT2D eigenvalue weighted by Gasteiger charge is 2.25. The molecular weight excluding hydrogens is 400 g/mol. The fourth-order valence-corrected chi connectivity index (χ4v) is 4.48. The normalized spacial score (nSPS) is 16.0. The average molecular weight is 433 g/mol. The molecule has 1 aliphatic heterocycles. The zero-order valence-electron chi connectivity index (χ0n) is 19.1. The van der Waals surface area contributed by atoms with Crippen molar-refractivity contribution >= 4 is 16.7 Å². The third-order valence-corrected chi connectivity index (χ3v) is 6.52. The molecule has 3 aromatic rings. The van der Waals surface area contributed by atoms with Crippen LogP contribution in [0.4, 0.5) is 0 Å². The molecule has 4 rings (SSSR count). The lowest BCUT2D eigenvalue weighted by molar-refractivity contribution is -0.122. The van der Waals surface area contributed by atoms with Gasteiger partial charge in [-0.05, 0) is 79.0 Å². The van der Waals surface area contributed by atoms with E-state index >= 15 is 0 Å². The van der Waals surface area contributed by atoms with E-state index < -0.39 is 0 Å². The smallest absolute Gasteiger partial charge is 0.227 e. The number of likely N-dealkylation sites (tertiary alicyclic amines) is 1. The third-order valence-electron chi connectivity index (χ3n) is 6.52. The monoisotopic (exact) mass is 432 g/mol. The van der Waals surface area contributed by atoms with Gasteiger partial charge in [0.05, 0.1) is 26.2 Å². The molecule has 3 aromatic carbocycles. The van der Waals surface area contributed by atoms with Gasteiger partial charge >= 0.3 is 0 Å². The number of carbonyl (C=O) groups is 1. The number of benzene rings is 3. The largest absolute Gasteiger partial charge is 0.497 e. The summed E-state index contributed by atoms with van der Waals surface area (Å²) in [5.41, 5.74) is 2.22. The number of nitrogens with one attached hydrogen (secondary N) is 1. The summed E-state index contributed by atoms with van der Waals surface area (Å²) >= 11 is 0. The standard InChI is InChI=1S/C27H32N2O3/c1-19(21-6-7-23-17-25(32-3)13-10-22(23)16-21)27(30)28-18-26(29-14-4-5-15-29)20-8-11-24(31-2)12-9-20/h6-13,16-17,19,26H,4-5,14-15,18H2,1-3H3,(H,28,30)/t19-,26+/m0/s1. The SMILES string of the molecule is COc1ccc([C@@H](CNC(=O)[C@@H](C)c2ccc3cc(OC)ccc3c2)N2CCCC2)cc1. The molecule has 5 nitrogen and oxygen atoms in total. The highest BCUT2D eigenvalue weighted by atomic mass is 16.5. The van der Waals surface area contributed by atoms with Crippen LogP contribution < -0.4 is 14.8 Å². The van der Waals surface area contributed by atoms with Crippen LogP contribution in [-0.2, 0) is 4.79 Å². The van der Waals surface area contributed by atoms with Crippen molar-refractivity contribution in [2.45, 2.75) is 31.7 Å². The van der Waals surface area contributed by atoms with E-state index in [1.807, 2.05) is 43.3 Å². The minimum absolute atomic E-state index is 0.0515. The molecule has 1 saturated heterocycles. The van der Waals surface area contributed by atoms with Gasteiger partial charge in [-0.3, -0.25) is 9.69 Å². The fourth-order valence-electron chi connectivity index (χ4n) is 4.48. The maximum absolute atomic E-state index is 13.1. The quantitative estimate of drug-likeness (QED) is 0.549. The van der Waals surface area contributed by atoms with Gasteiger partial charge in [0.25, 0.3) is 0 Å². The van der Waals surface area contributed by atoms with Gasteiger partial charge in [-0.2, -0.15) is 0 Å². The number of nitrogens with zero attached hydrogens (tertiary/aromatic N) is 1. The van der Waals surface area contributed by atoms with E-state index in [4.69, 9.17) is 9.47 Å². The third kappa shape index (κ3) is 4.89. The van der Waals surface area contributed by atoms with Crippen molar-refractivity contribution in [2.24, 2.45) is 0 Å².